The molecule has 2 atom stereocenters. The van der Waals surface area contributed by atoms with Gasteiger partial charge in [-0.15, -0.1) is 0 Å². The van der Waals surface area contributed by atoms with Gasteiger partial charge in [-0.3, -0.25) is 9.59 Å². The van der Waals surface area contributed by atoms with Gasteiger partial charge in [0, 0.05) is 29.9 Å². The van der Waals surface area contributed by atoms with Crippen LogP contribution in [0.1, 0.15) is 43.9 Å². The number of fused-ring (bicyclic) bond motifs is 1. The number of carbonyl (C=O) groups is 2. The first-order valence-electron chi connectivity index (χ1n) is 9.09. The molecular weight excluding hydrogens is 356 g/mol. The summed E-state index contributed by atoms with van der Waals surface area (Å²) in [6.45, 7) is 1.33. The number of benzene rings is 1. The standard InChI is InChI=1S/C19H21ClN2O4/c20-14-3-4-16-15(10-14)21-17(26-16)11-5-7-22(8-6-11)18(23)12-1-2-13(9-12)19(24)25/h3-4,10-13H,1-2,5-9H2,(H,24,25)/t12-,13+/m0/s1. The van der Waals surface area contributed by atoms with Gasteiger partial charge in [-0.2, -0.15) is 0 Å². The van der Waals surface area contributed by atoms with E-state index >= 15 is 0 Å². The summed E-state index contributed by atoms with van der Waals surface area (Å²) in [5.41, 5.74) is 1.49. The van der Waals surface area contributed by atoms with Crippen molar-refractivity contribution in [3.63, 3.8) is 0 Å². The molecule has 138 valence electrons. The van der Waals surface area contributed by atoms with Gasteiger partial charge >= 0.3 is 5.97 Å². The van der Waals surface area contributed by atoms with Gasteiger partial charge in [-0.25, -0.2) is 4.98 Å². The van der Waals surface area contributed by atoms with E-state index in [0.29, 0.717) is 43.3 Å². The highest BCUT2D eigenvalue weighted by molar-refractivity contribution is 6.31. The van der Waals surface area contributed by atoms with Crippen LogP contribution in [0.3, 0.4) is 0 Å². The molecule has 1 aromatic carbocycles. The number of aromatic nitrogens is 1. The summed E-state index contributed by atoms with van der Waals surface area (Å²) in [4.78, 5) is 30.2. The summed E-state index contributed by atoms with van der Waals surface area (Å²) in [5, 5.41) is 9.74. The summed E-state index contributed by atoms with van der Waals surface area (Å²) in [5.74, 6) is -0.277. The van der Waals surface area contributed by atoms with E-state index in [4.69, 9.17) is 21.1 Å². The van der Waals surface area contributed by atoms with Crippen molar-refractivity contribution in [2.24, 2.45) is 11.8 Å². The number of aliphatic carboxylic acids is 1. The molecule has 2 heterocycles. The quantitative estimate of drug-likeness (QED) is 0.883. The van der Waals surface area contributed by atoms with Crippen molar-refractivity contribution in [1.29, 1.82) is 0 Å². The van der Waals surface area contributed by atoms with Crippen LogP contribution in [0.15, 0.2) is 22.6 Å². The molecule has 1 aliphatic heterocycles. The molecule has 26 heavy (non-hydrogen) atoms. The van der Waals surface area contributed by atoms with E-state index in [9.17, 15) is 9.59 Å². The normalized spacial score (nSPS) is 24.3. The van der Waals surface area contributed by atoms with Crippen molar-refractivity contribution in [1.82, 2.24) is 9.88 Å². The predicted octanol–water partition coefficient (Wildman–Crippen LogP) is 3.69. The number of piperidine rings is 1. The fraction of sp³-hybridized carbons (Fsp3) is 0.526. The Labute approximate surface area is 156 Å². The predicted molar refractivity (Wildman–Crippen MR) is 96.0 cm³/mol. The van der Waals surface area contributed by atoms with Crippen molar-refractivity contribution in [3.8, 4) is 0 Å². The van der Waals surface area contributed by atoms with Crippen LogP contribution in [0.5, 0.6) is 0 Å². The summed E-state index contributed by atoms with van der Waals surface area (Å²) in [6.07, 6.45) is 3.37. The molecule has 0 unspecified atom stereocenters. The first-order valence-corrected chi connectivity index (χ1v) is 9.46. The Balaban J connectivity index is 1.37. The zero-order valence-corrected chi connectivity index (χ0v) is 15.1. The number of amides is 1. The Morgan fingerprint density at radius 1 is 1.15 bits per heavy atom. The molecular formula is C19H21ClN2O4. The highest BCUT2D eigenvalue weighted by Gasteiger charge is 2.37. The Hall–Kier alpha value is -2.08. The van der Waals surface area contributed by atoms with E-state index in [1.807, 2.05) is 11.0 Å². The molecule has 0 radical (unpaired) electrons. The van der Waals surface area contributed by atoms with Crippen LogP contribution in [0.25, 0.3) is 11.1 Å². The highest BCUT2D eigenvalue weighted by atomic mass is 35.5. The van der Waals surface area contributed by atoms with Gasteiger partial charge < -0.3 is 14.4 Å². The number of nitrogens with zero attached hydrogens (tertiary/aromatic N) is 2. The average molecular weight is 377 g/mol. The lowest BCUT2D eigenvalue weighted by Crippen LogP contribution is -2.41. The maximum atomic E-state index is 12.7. The Morgan fingerprint density at radius 2 is 1.88 bits per heavy atom. The lowest BCUT2D eigenvalue weighted by molar-refractivity contribution is -0.141. The summed E-state index contributed by atoms with van der Waals surface area (Å²) >= 11 is 6.00. The van der Waals surface area contributed by atoms with Crippen LogP contribution in [0.4, 0.5) is 0 Å². The van der Waals surface area contributed by atoms with Crippen LogP contribution in [-0.4, -0.2) is 40.0 Å². The van der Waals surface area contributed by atoms with Crippen LogP contribution in [0.2, 0.25) is 5.02 Å². The first-order chi connectivity index (χ1) is 12.5. The summed E-state index contributed by atoms with van der Waals surface area (Å²) in [7, 11) is 0. The molecule has 2 aliphatic rings. The second kappa shape index (κ2) is 6.91. The molecule has 6 nitrogen and oxygen atoms in total. The fourth-order valence-electron chi connectivity index (χ4n) is 4.13. The molecule has 7 heteroatoms. The number of likely N-dealkylation sites (tertiary alicyclic amines) is 1. The van der Waals surface area contributed by atoms with E-state index in [-0.39, 0.29) is 23.7 Å². The second-order valence-electron chi connectivity index (χ2n) is 7.31. The van der Waals surface area contributed by atoms with Crippen molar-refractivity contribution in [2.45, 2.75) is 38.0 Å². The van der Waals surface area contributed by atoms with Crippen molar-refractivity contribution < 1.29 is 19.1 Å². The number of hydrogen-bond donors (Lipinski definition) is 1. The molecule has 1 saturated heterocycles. The number of halogens is 1. The monoisotopic (exact) mass is 376 g/mol. The Kier molecular flexibility index (Phi) is 4.61. The zero-order valence-electron chi connectivity index (χ0n) is 14.4. The van der Waals surface area contributed by atoms with Crippen LogP contribution in [0, 0.1) is 11.8 Å². The smallest absolute Gasteiger partial charge is 0.306 e. The minimum atomic E-state index is -0.782. The number of oxazole rings is 1. The van der Waals surface area contributed by atoms with E-state index < -0.39 is 5.97 Å². The molecule has 1 N–H and O–H groups in total. The van der Waals surface area contributed by atoms with E-state index in [0.717, 1.165) is 23.9 Å². The fourth-order valence-corrected chi connectivity index (χ4v) is 4.29. The van der Waals surface area contributed by atoms with E-state index in [2.05, 4.69) is 4.98 Å². The topological polar surface area (TPSA) is 83.6 Å². The molecule has 1 aliphatic carbocycles. The molecule has 1 saturated carbocycles. The number of carbonyl (C=O) groups excluding carboxylic acids is 1. The maximum absolute atomic E-state index is 12.7. The zero-order chi connectivity index (χ0) is 18.3. The van der Waals surface area contributed by atoms with Gasteiger partial charge in [-0.1, -0.05) is 11.6 Å². The molecule has 4 rings (SSSR count). The molecule has 1 amide bonds. The second-order valence-corrected chi connectivity index (χ2v) is 7.75. The Morgan fingerprint density at radius 3 is 2.58 bits per heavy atom. The average Bonchev–Trinajstić information content (AvgIpc) is 3.28. The van der Waals surface area contributed by atoms with Crippen molar-refractivity contribution >= 4 is 34.6 Å². The van der Waals surface area contributed by atoms with Gasteiger partial charge in [0.1, 0.15) is 5.52 Å². The lowest BCUT2D eigenvalue weighted by atomic mass is 9.95. The molecule has 0 spiro atoms. The summed E-state index contributed by atoms with van der Waals surface area (Å²) < 4.78 is 5.86. The minimum Gasteiger partial charge on any atom is -0.481 e. The third-order valence-corrected chi connectivity index (χ3v) is 5.89. The SMILES string of the molecule is O=C(O)[C@@H]1CC[C@H](C(=O)N2CCC(c3nc4cc(Cl)ccc4o3)CC2)C1. The number of rotatable bonds is 3. The Bertz CT molecular complexity index is 841. The van der Waals surface area contributed by atoms with Crippen molar-refractivity contribution in [3.05, 3.63) is 29.1 Å². The number of hydrogen-bond acceptors (Lipinski definition) is 4. The first kappa shape index (κ1) is 17.3. The van der Waals surface area contributed by atoms with E-state index in [1.165, 1.54) is 0 Å². The van der Waals surface area contributed by atoms with Crippen molar-refractivity contribution in [2.75, 3.05) is 13.1 Å². The molecule has 0 bridgehead atoms. The van der Waals surface area contributed by atoms with Gasteiger partial charge in [-0.05, 0) is 50.3 Å². The largest absolute Gasteiger partial charge is 0.481 e. The minimum absolute atomic E-state index is 0.108. The molecule has 2 aromatic rings. The third kappa shape index (κ3) is 3.30. The van der Waals surface area contributed by atoms with Crippen LogP contribution < -0.4 is 0 Å². The summed E-state index contributed by atoms with van der Waals surface area (Å²) in [6, 6.07) is 5.40. The molecule has 1 aromatic heterocycles. The highest BCUT2D eigenvalue weighted by Crippen LogP contribution is 2.35. The van der Waals surface area contributed by atoms with Crippen LogP contribution in [-0.2, 0) is 9.59 Å². The number of carboxylic acids is 1. The maximum Gasteiger partial charge on any atom is 0.306 e. The van der Waals surface area contributed by atoms with Gasteiger partial charge in [0.05, 0.1) is 5.92 Å². The van der Waals surface area contributed by atoms with Gasteiger partial charge in [0.2, 0.25) is 5.91 Å². The van der Waals surface area contributed by atoms with Gasteiger partial charge in [0.25, 0.3) is 0 Å². The number of carboxylic acid groups (broad SMARTS) is 1. The lowest BCUT2D eigenvalue weighted by Gasteiger charge is -2.32. The van der Waals surface area contributed by atoms with Gasteiger partial charge in [0.15, 0.2) is 11.5 Å². The third-order valence-electron chi connectivity index (χ3n) is 5.65. The van der Waals surface area contributed by atoms with E-state index in [1.54, 1.807) is 12.1 Å². The molecule has 2 fully saturated rings. The van der Waals surface area contributed by atoms with Crippen LogP contribution >= 0.6 is 11.6 Å².